The maximum atomic E-state index is 12.1. The number of methoxy groups -OCH3 is 2. The molecular weight excluding hydrogens is 462 g/mol. The Balaban J connectivity index is 2.05. The summed E-state index contributed by atoms with van der Waals surface area (Å²) in [6, 6.07) is 8.77. The van der Waals surface area contributed by atoms with Crippen molar-refractivity contribution in [1.29, 1.82) is 0 Å². The third kappa shape index (κ3) is 5.85. The second kappa shape index (κ2) is 10.7. The highest BCUT2D eigenvalue weighted by Gasteiger charge is 2.15. The standard InChI is InChI=1S/C24H17NO10/c1-32-21(27)5-7-23(29)34-19-11-15-13(9-17(19)25-31)3-4-14-10-18(26)20(12-16(14)15)35-24(30)8-6-22(28)33-2/h3-12,26H,1-2H3/b7-5-,8-6-. The highest BCUT2D eigenvalue weighted by Crippen LogP contribution is 2.39. The number of carbonyl (C=O) groups excluding carboxylic acids is 4. The molecule has 0 heterocycles. The van der Waals surface area contributed by atoms with E-state index in [2.05, 4.69) is 14.7 Å². The smallest absolute Gasteiger partial charge is 0.336 e. The molecule has 0 atom stereocenters. The van der Waals surface area contributed by atoms with Crippen LogP contribution in [0.4, 0.5) is 5.69 Å². The molecule has 3 rings (SSSR count). The van der Waals surface area contributed by atoms with E-state index >= 15 is 0 Å². The summed E-state index contributed by atoms with van der Waals surface area (Å²) in [7, 11) is 2.28. The molecule has 1 N–H and O–H groups in total. The quantitative estimate of drug-likeness (QED) is 0.175. The number of hydrogen-bond donors (Lipinski definition) is 1. The number of rotatable bonds is 7. The molecule has 3 aromatic carbocycles. The number of nitroso groups, excluding NO2 is 1. The monoisotopic (exact) mass is 479 g/mol. The predicted molar refractivity (Wildman–Crippen MR) is 122 cm³/mol. The van der Waals surface area contributed by atoms with Gasteiger partial charge in [0.25, 0.3) is 0 Å². The summed E-state index contributed by atoms with van der Waals surface area (Å²) >= 11 is 0. The Hall–Kier alpha value is -5.06. The molecule has 3 aromatic rings. The summed E-state index contributed by atoms with van der Waals surface area (Å²) in [5.74, 6) is -4.17. The van der Waals surface area contributed by atoms with Gasteiger partial charge in [-0.05, 0) is 51.0 Å². The van der Waals surface area contributed by atoms with E-state index in [0.717, 1.165) is 38.5 Å². The predicted octanol–water partition coefficient (Wildman–Crippen LogP) is 3.37. The van der Waals surface area contributed by atoms with E-state index in [1.807, 2.05) is 0 Å². The van der Waals surface area contributed by atoms with Gasteiger partial charge in [0, 0.05) is 24.3 Å². The van der Waals surface area contributed by atoms with E-state index in [1.54, 1.807) is 12.1 Å². The van der Waals surface area contributed by atoms with Crippen LogP contribution in [0.2, 0.25) is 0 Å². The van der Waals surface area contributed by atoms with E-state index in [9.17, 15) is 29.2 Å². The number of esters is 4. The van der Waals surface area contributed by atoms with Crippen molar-refractivity contribution in [2.75, 3.05) is 14.2 Å². The number of ether oxygens (including phenoxy) is 4. The summed E-state index contributed by atoms with van der Waals surface area (Å²) in [5.41, 5.74) is -0.171. The van der Waals surface area contributed by atoms with Crippen LogP contribution in [-0.4, -0.2) is 43.2 Å². The summed E-state index contributed by atoms with van der Waals surface area (Å²) in [6.07, 6.45) is 3.37. The van der Waals surface area contributed by atoms with Gasteiger partial charge < -0.3 is 24.1 Å². The average molecular weight is 479 g/mol. The highest BCUT2D eigenvalue weighted by molar-refractivity contribution is 6.10. The Morgan fingerprint density at radius 3 is 1.69 bits per heavy atom. The molecule has 35 heavy (non-hydrogen) atoms. The Morgan fingerprint density at radius 1 is 0.714 bits per heavy atom. The van der Waals surface area contributed by atoms with E-state index in [-0.39, 0.29) is 22.9 Å². The molecule has 0 unspecified atom stereocenters. The minimum Gasteiger partial charge on any atom is -0.504 e. The number of fused-ring (bicyclic) bond motifs is 3. The van der Waals surface area contributed by atoms with Crippen LogP contribution in [0.25, 0.3) is 21.5 Å². The maximum Gasteiger partial charge on any atom is 0.336 e. The van der Waals surface area contributed by atoms with Crippen molar-refractivity contribution in [3.8, 4) is 17.2 Å². The molecule has 0 bridgehead atoms. The van der Waals surface area contributed by atoms with Gasteiger partial charge in [0.15, 0.2) is 22.9 Å². The van der Waals surface area contributed by atoms with Gasteiger partial charge in [0.2, 0.25) is 0 Å². The number of carbonyl (C=O) groups is 4. The molecule has 178 valence electrons. The molecular formula is C24H17NO10. The van der Waals surface area contributed by atoms with Gasteiger partial charge >= 0.3 is 23.9 Å². The molecule has 11 nitrogen and oxygen atoms in total. The van der Waals surface area contributed by atoms with E-state index in [0.29, 0.717) is 21.5 Å². The van der Waals surface area contributed by atoms with E-state index in [1.165, 1.54) is 24.3 Å². The zero-order valence-corrected chi connectivity index (χ0v) is 18.3. The first-order chi connectivity index (χ1) is 16.7. The second-order valence-electron chi connectivity index (χ2n) is 6.79. The number of phenols is 1. The zero-order valence-electron chi connectivity index (χ0n) is 18.3. The van der Waals surface area contributed by atoms with E-state index in [4.69, 9.17) is 9.47 Å². The van der Waals surface area contributed by atoms with Gasteiger partial charge in [-0.3, -0.25) is 0 Å². The number of nitrogens with zero attached hydrogens (tertiary/aromatic N) is 1. The average Bonchev–Trinajstić information content (AvgIpc) is 2.85. The van der Waals surface area contributed by atoms with Crippen molar-refractivity contribution in [1.82, 2.24) is 0 Å². The van der Waals surface area contributed by atoms with Crippen LogP contribution in [0.15, 0.2) is 65.9 Å². The van der Waals surface area contributed by atoms with Crippen molar-refractivity contribution in [2.24, 2.45) is 5.18 Å². The van der Waals surface area contributed by atoms with Gasteiger partial charge in [-0.15, -0.1) is 4.91 Å². The fourth-order valence-electron chi connectivity index (χ4n) is 3.02. The molecule has 0 aliphatic heterocycles. The largest absolute Gasteiger partial charge is 0.504 e. The first-order valence-electron chi connectivity index (χ1n) is 9.78. The summed E-state index contributed by atoms with van der Waals surface area (Å²) < 4.78 is 19.1. The van der Waals surface area contributed by atoms with Crippen molar-refractivity contribution in [3.63, 3.8) is 0 Å². The van der Waals surface area contributed by atoms with Gasteiger partial charge in [0.05, 0.1) is 14.2 Å². The lowest BCUT2D eigenvalue weighted by Gasteiger charge is -2.11. The van der Waals surface area contributed by atoms with Crippen molar-refractivity contribution < 1.29 is 43.2 Å². The molecule has 11 heteroatoms. The maximum absolute atomic E-state index is 12.1. The van der Waals surface area contributed by atoms with Gasteiger partial charge in [-0.25, -0.2) is 19.2 Å². The van der Waals surface area contributed by atoms with Crippen molar-refractivity contribution in [3.05, 3.63) is 65.6 Å². The summed E-state index contributed by atoms with van der Waals surface area (Å²) in [4.78, 5) is 57.7. The Morgan fingerprint density at radius 2 is 1.17 bits per heavy atom. The molecule has 0 aliphatic carbocycles. The van der Waals surface area contributed by atoms with Crippen LogP contribution >= 0.6 is 0 Å². The number of benzene rings is 3. The second-order valence-corrected chi connectivity index (χ2v) is 6.79. The molecule has 0 saturated heterocycles. The minimum atomic E-state index is -0.954. The van der Waals surface area contributed by atoms with Crippen LogP contribution < -0.4 is 9.47 Å². The molecule has 0 aromatic heterocycles. The number of phenolic OH excluding ortho intramolecular Hbond substituents is 1. The molecule has 0 aliphatic rings. The van der Waals surface area contributed by atoms with E-state index < -0.39 is 23.9 Å². The first-order valence-corrected chi connectivity index (χ1v) is 9.78. The van der Waals surface area contributed by atoms with Crippen LogP contribution in [0, 0.1) is 4.91 Å². The molecule has 0 saturated carbocycles. The molecule has 0 fully saturated rings. The Labute approximate surface area is 197 Å². The Kier molecular flexibility index (Phi) is 7.52. The molecule has 0 spiro atoms. The normalized spacial score (nSPS) is 11.0. The van der Waals surface area contributed by atoms with Crippen LogP contribution in [0.3, 0.4) is 0 Å². The van der Waals surface area contributed by atoms with Crippen LogP contribution in [0.1, 0.15) is 0 Å². The van der Waals surface area contributed by atoms with Gasteiger partial charge in [0.1, 0.15) is 0 Å². The fourth-order valence-corrected chi connectivity index (χ4v) is 3.02. The SMILES string of the molecule is COC(=O)/C=C\C(=O)Oc1cc2c(ccc3cc(N=O)c(OC(=O)/C=C\C(=O)OC)cc32)cc1O. The third-order valence-electron chi connectivity index (χ3n) is 4.63. The lowest BCUT2D eigenvalue weighted by Crippen LogP contribution is -2.06. The lowest BCUT2D eigenvalue weighted by molar-refractivity contribution is -0.136. The number of hydrogen-bond acceptors (Lipinski definition) is 11. The van der Waals surface area contributed by atoms with Crippen LogP contribution in [-0.2, 0) is 28.7 Å². The Bertz CT molecular complexity index is 1420. The van der Waals surface area contributed by atoms with Crippen molar-refractivity contribution in [2.45, 2.75) is 0 Å². The molecule has 0 radical (unpaired) electrons. The zero-order chi connectivity index (χ0) is 25.5. The topological polar surface area (TPSA) is 155 Å². The molecule has 0 amide bonds. The highest BCUT2D eigenvalue weighted by atomic mass is 16.5. The fraction of sp³-hybridized carbons (Fsp3) is 0.0833. The van der Waals surface area contributed by atoms with Crippen LogP contribution in [0.5, 0.6) is 17.2 Å². The number of aromatic hydroxyl groups is 1. The van der Waals surface area contributed by atoms with Gasteiger partial charge in [-0.1, -0.05) is 12.1 Å². The summed E-state index contributed by atoms with van der Waals surface area (Å²) in [5, 5.41) is 15.2. The summed E-state index contributed by atoms with van der Waals surface area (Å²) in [6.45, 7) is 0. The van der Waals surface area contributed by atoms with Crippen molar-refractivity contribution >= 4 is 51.1 Å². The third-order valence-corrected chi connectivity index (χ3v) is 4.63. The first kappa shape index (κ1) is 24.6. The lowest BCUT2D eigenvalue weighted by atomic mass is 10.0. The van der Waals surface area contributed by atoms with Gasteiger partial charge in [-0.2, -0.15) is 0 Å². The minimum absolute atomic E-state index is 0.171.